The maximum atomic E-state index is 12.1. The number of aryl methyl sites for hydroxylation is 2. The first kappa shape index (κ1) is 16.8. The lowest BCUT2D eigenvalue weighted by molar-refractivity contribution is -0.0163. The van der Waals surface area contributed by atoms with Crippen molar-refractivity contribution in [3.8, 4) is 0 Å². The number of amides is 2. The number of hydrogen-bond acceptors (Lipinski definition) is 4. The normalized spacial score (nSPS) is 18.7. The molecule has 0 aromatic carbocycles. The van der Waals surface area contributed by atoms with Crippen LogP contribution in [0.25, 0.3) is 0 Å². The summed E-state index contributed by atoms with van der Waals surface area (Å²) < 4.78 is 7.07. The number of anilines is 1. The number of urea groups is 1. The van der Waals surface area contributed by atoms with Crippen LogP contribution in [0.2, 0.25) is 0 Å². The lowest BCUT2D eigenvalue weighted by Crippen LogP contribution is -2.57. The van der Waals surface area contributed by atoms with E-state index in [1.165, 1.54) is 0 Å². The van der Waals surface area contributed by atoms with Gasteiger partial charge in [-0.05, 0) is 20.3 Å². The van der Waals surface area contributed by atoms with Gasteiger partial charge in [0.25, 0.3) is 0 Å². The minimum atomic E-state index is -0.198. The summed E-state index contributed by atoms with van der Waals surface area (Å²) in [5.41, 5.74) is 0.827. The average Bonchev–Trinajstić information content (AvgIpc) is 2.83. The molecular weight excluding hydrogens is 282 g/mol. The maximum Gasteiger partial charge on any atom is 0.320 e. The van der Waals surface area contributed by atoms with E-state index in [1.807, 2.05) is 20.0 Å². The molecule has 1 saturated heterocycles. The Labute approximate surface area is 132 Å². The molecule has 2 heterocycles. The average molecular weight is 309 g/mol. The Kier molecular flexibility index (Phi) is 5.42. The van der Waals surface area contributed by atoms with Crippen LogP contribution in [-0.2, 0) is 11.8 Å². The second-order valence-electron chi connectivity index (χ2n) is 6.05. The fourth-order valence-corrected chi connectivity index (χ4v) is 2.72. The molecule has 0 aliphatic carbocycles. The highest BCUT2D eigenvalue weighted by Gasteiger charge is 2.31. The van der Waals surface area contributed by atoms with Crippen LogP contribution in [0.4, 0.5) is 10.6 Å². The van der Waals surface area contributed by atoms with E-state index in [1.54, 1.807) is 4.68 Å². The predicted molar refractivity (Wildman–Crippen MR) is 86.1 cm³/mol. The highest BCUT2D eigenvalue weighted by atomic mass is 16.5. The Balaban J connectivity index is 1.89. The number of rotatable bonds is 5. The monoisotopic (exact) mass is 309 g/mol. The zero-order chi connectivity index (χ0) is 16.2. The Morgan fingerprint density at radius 1 is 1.45 bits per heavy atom. The molecule has 1 fully saturated rings. The van der Waals surface area contributed by atoms with Crippen LogP contribution in [0.3, 0.4) is 0 Å². The van der Waals surface area contributed by atoms with Crippen molar-refractivity contribution in [3.63, 3.8) is 0 Å². The van der Waals surface area contributed by atoms with Crippen LogP contribution in [0.15, 0.2) is 6.07 Å². The van der Waals surface area contributed by atoms with Crippen LogP contribution in [0.5, 0.6) is 0 Å². The summed E-state index contributed by atoms with van der Waals surface area (Å²) in [5, 5.41) is 10.0. The number of hydrogen-bond donors (Lipinski definition) is 2. The van der Waals surface area contributed by atoms with Gasteiger partial charge in [-0.3, -0.25) is 14.9 Å². The van der Waals surface area contributed by atoms with E-state index in [2.05, 4.69) is 34.5 Å². The first-order chi connectivity index (χ1) is 10.4. The summed E-state index contributed by atoms with van der Waals surface area (Å²) in [6, 6.07) is 1.65. The molecule has 1 aliphatic heterocycles. The lowest BCUT2D eigenvalue weighted by atomic mass is 9.95. The van der Waals surface area contributed by atoms with Crippen molar-refractivity contribution >= 4 is 11.8 Å². The number of aromatic nitrogens is 2. The molecule has 0 radical (unpaired) electrons. The van der Waals surface area contributed by atoms with Gasteiger partial charge in [0.15, 0.2) is 0 Å². The predicted octanol–water partition coefficient (Wildman–Crippen LogP) is 1.35. The smallest absolute Gasteiger partial charge is 0.320 e. The van der Waals surface area contributed by atoms with Crippen molar-refractivity contribution in [2.24, 2.45) is 7.05 Å². The largest absolute Gasteiger partial charge is 0.379 e. The number of carbonyl (C=O) groups excluding carboxylic acids is 1. The number of nitrogens with one attached hydrogen (secondary N) is 2. The summed E-state index contributed by atoms with van der Waals surface area (Å²) in [4.78, 5) is 14.5. The highest BCUT2D eigenvalue weighted by molar-refractivity contribution is 5.88. The summed E-state index contributed by atoms with van der Waals surface area (Å²) in [7, 11) is 1.81. The van der Waals surface area contributed by atoms with Gasteiger partial charge in [0, 0.05) is 38.3 Å². The van der Waals surface area contributed by atoms with Crippen LogP contribution >= 0.6 is 0 Å². The molecule has 2 N–H and O–H groups in total. The standard InChI is InChI=1S/C15H27N5O2/c1-5-15(3,20-6-8-22-9-7-20)11-16-14(21)17-13-10-12(2)18-19(13)4/h10H,5-9,11H2,1-4H3,(H2,16,17,21). The number of morpholine rings is 1. The zero-order valence-electron chi connectivity index (χ0n) is 14.0. The topological polar surface area (TPSA) is 71.4 Å². The van der Waals surface area contributed by atoms with Crippen molar-refractivity contribution in [3.05, 3.63) is 11.8 Å². The van der Waals surface area contributed by atoms with Gasteiger partial charge in [0.2, 0.25) is 0 Å². The van der Waals surface area contributed by atoms with Crippen LogP contribution < -0.4 is 10.6 Å². The van der Waals surface area contributed by atoms with Crippen molar-refractivity contribution < 1.29 is 9.53 Å². The van der Waals surface area contributed by atoms with Gasteiger partial charge in [-0.15, -0.1) is 0 Å². The Hall–Kier alpha value is -1.60. The van der Waals surface area contributed by atoms with Gasteiger partial charge in [-0.25, -0.2) is 4.79 Å². The van der Waals surface area contributed by atoms with E-state index in [9.17, 15) is 4.79 Å². The Morgan fingerprint density at radius 3 is 2.68 bits per heavy atom. The van der Waals surface area contributed by atoms with Gasteiger partial charge in [-0.1, -0.05) is 6.92 Å². The van der Waals surface area contributed by atoms with Gasteiger partial charge in [0.05, 0.1) is 18.9 Å². The quantitative estimate of drug-likeness (QED) is 0.861. The lowest BCUT2D eigenvalue weighted by Gasteiger charge is -2.43. The summed E-state index contributed by atoms with van der Waals surface area (Å²) in [5.74, 6) is 0.694. The van der Waals surface area contributed by atoms with E-state index in [-0.39, 0.29) is 11.6 Å². The number of carbonyl (C=O) groups is 1. The summed E-state index contributed by atoms with van der Waals surface area (Å²) in [6.45, 7) is 10.2. The van der Waals surface area contributed by atoms with Crippen LogP contribution in [0.1, 0.15) is 26.0 Å². The molecule has 1 unspecified atom stereocenters. The van der Waals surface area contributed by atoms with E-state index < -0.39 is 0 Å². The van der Waals surface area contributed by atoms with E-state index >= 15 is 0 Å². The number of ether oxygens (including phenoxy) is 1. The molecule has 1 aromatic heterocycles. The van der Waals surface area contributed by atoms with Crippen molar-refractivity contribution in [1.82, 2.24) is 20.0 Å². The molecule has 7 nitrogen and oxygen atoms in total. The molecule has 0 saturated carbocycles. The molecule has 22 heavy (non-hydrogen) atoms. The van der Waals surface area contributed by atoms with Crippen LogP contribution in [-0.4, -0.2) is 59.1 Å². The first-order valence-corrected chi connectivity index (χ1v) is 7.83. The molecule has 7 heteroatoms. The third kappa shape index (κ3) is 3.98. The molecular formula is C15H27N5O2. The maximum absolute atomic E-state index is 12.1. The molecule has 1 aliphatic rings. The van der Waals surface area contributed by atoms with E-state index in [0.29, 0.717) is 12.4 Å². The molecule has 2 rings (SSSR count). The molecule has 124 valence electrons. The van der Waals surface area contributed by atoms with Gasteiger partial charge in [0.1, 0.15) is 5.82 Å². The first-order valence-electron chi connectivity index (χ1n) is 7.83. The highest BCUT2D eigenvalue weighted by Crippen LogP contribution is 2.20. The van der Waals surface area contributed by atoms with E-state index in [0.717, 1.165) is 38.4 Å². The molecule has 0 bridgehead atoms. The third-order valence-electron chi connectivity index (χ3n) is 4.41. The summed E-state index contributed by atoms with van der Waals surface area (Å²) in [6.07, 6.45) is 0.970. The van der Waals surface area contributed by atoms with Gasteiger partial charge in [-0.2, -0.15) is 5.10 Å². The molecule has 2 amide bonds. The molecule has 1 aromatic rings. The molecule has 1 atom stereocenters. The van der Waals surface area contributed by atoms with Gasteiger partial charge < -0.3 is 10.1 Å². The SMILES string of the molecule is CCC(C)(CNC(=O)Nc1cc(C)nn1C)N1CCOCC1. The minimum absolute atomic E-state index is 0.0521. The Bertz CT molecular complexity index is 510. The minimum Gasteiger partial charge on any atom is -0.379 e. The third-order valence-corrected chi connectivity index (χ3v) is 4.41. The fourth-order valence-electron chi connectivity index (χ4n) is 2.72. The van der Waals surface area contributed by atoms with Crippen molar-refractivity contribution in [2.75, 3.05) is 38.2 Å². The van der Waals surface area contributed by atoms with Crippen LogP contribution in [0, 0.1) is 6.92 Å². The van der Waals surface area contributed by atoms with Crippen molar-refractivity contribution in [1.29, 1.82) is 0 Å². The Morgan fingerprint density at radius 2 is 2.14 bits per heavy atom. The molecule has 0 spiro atoms. The summed E-state index contributed by atoms with van der Waals surface area (Å²) >= 11 is 0. The fraction of sp³-hybridized carbons (Fsp3) is 0.733. The zero-order valence-corrected chi connectivity index (χ0v) is 14.0. The van der Waals surface area contributed by atoms with Crippen molar-refractivity contribution in [2.45, 2.75) is 32.7 Å². The second kappa shape index (κ2) is 7.11. The van der Waals surface area contributed by atoms with Gasteiger partial charge >= 0.3 is 6.03 Å². The second-order valence-corrected chi connectivity index (χ2v) is 6.05. The van der Waals surface area contributed by atoms with E-state index in [4.69, 9.17) is 4.74 Å². The number of nitrogens with zero attached hydrogens (tertiary/aromatic N) is 3.